The van der Waals surface area contributed by atoms with Gasteiger partial charge in [0, 0.05) is 5.25 Å². The van der Waals surface area contributed by atoms with Crippen molar-refractivity contribution in [1.82, 2.24) is 0 Å². The summed E-state index contributed by atoms with van der Waals surface area (Å²) in [5.74, 6) is 1.10. The van der Waals surface area contributed by atoms with Crippen LogP contribution in [-0.2, 0) is 9.53 Å². The summed E-state index contributed by atoms with van der Waals surface area (Å²) in [4.78, 5) is 11.9. The molecule has 16 heavy (non-hydrogen) atoms. The topological polar surface area (TPSA) is 52.3 Å². The SMILES string of the molecule is CC(C)(C)OC(=O)C1CCSC(CCN)C1. The van der Waals surface area contributed by atoms with Crippen molar-refractivity contribution >= 4 is 17.7 Å². The lowest BCUT2D eigenvalue weighted by molar-refractivity contribution is -0.160. The Morgan fingerprint density at radius 1 is 1.50 bits per heavy atom. The number of carbonyl (C=O) groups excluding carboxylic acids is 1. The third-order valence-electron chi connectivity index (χ3n) is 2.60. The van der Waals surface area contributed by atoms with Gasteiger partial charge in [0.15, 0.2) is 0 Å². The van der Waals surface area contributed by atoms with E-state index < -0.39 is 0 Å². The second-order valence-corrected chi connectivity index (χ2v) is 6.73. The van der Waals surface area contributed by atoms with E-state index in [2.05, 4.69) is 0 Å². The van der Waals surface area contributed by atoms with Gasteiger partial charge < -0.3 is 10.5 Å². The zero-order valence-electron chi connectivity index (χ0n) is 10.5. The zero-order chi connectivity index (χ0) is 12.2. The van der Waals surface area contributed by atoms with Gasteiger partial charge in [-0.25, -0.2) is 0 Å². The molecule has 0 aromatic heterocycles. The summed E-state index contributed by atoms with van der Waals surface area (Å²) in [5.41, 5.74) is 5.18. The molecule has 1 rings (SSSR count). The predicted octanol–water partition coefficient (Wildman–Crippen LogP) is 2.19. The Morgan fingerprint density at radius 3 is 2.75 bits per heavy atom. The van der Waals surface area contributed by atoms with Crippen LogP contribution in [0.2, 0.25) is 0 Å². The van der Waals surface area contributed by atoms with Crippen molar-refractivity contribution in [2.45, 2.75) is 50.9 Å². The first-order valence-electron chi connectivity index (χ1n) is 5.97. The number of rotatable bonds is 3. The first-order valence-corrected chi connectivity index (χ1v) is 7.02. The van der Waals surface area contributed by atoms with Crippen molar-refractivity contribution < 1.29 is 9.53 Å². The Kier molecular flexibility index (Phi) is 5.12. The van der Waals surface area contributed by atoms with Crippen LogP contribution in [0.5, 0.6) is 0 Å². The fourth-order valence-corrected chi connectivity index (χ4v) is 3.29. The van der Waals surface area contributed by atoms with Gasteiger partial charge in [-0.15, -0.1) is 0 Å². The maximum Gasteiger partial charge on any atom is 0.309 e. The van der Waals surface area contributed by atoms with Gasteiger partial charge in [0.25, 0.3) is 0 Å². The number of nitrogens with two attached hydrogens (primary N) is 1. The minimum Gasteiger partial charge on any atom is -0.460 e. The molecule has 2 atom stereocenters. The highest BCUT2D eigenvalue weighted by atomic mass is 32.2. The lowest BCUT2D eigenvalue weighted by atomic mass is 9.98. The molecule has 0 aromatic carbocycles. The number of ether oxygens (including phenoxy) is 1. The third-order valence-corrected chi connectivity index (χ3v) is 3.97. The molecule has 1 saturated heterocycles. The average molecular weight is 245 g/mol. The van der Waals surface area contributed by atoms with Crippen LogP contribution in [0.4, 0.5) is 0 Å². The summed E-state index contributed by atoms with van der Waals surface area (Å²) in [6.45, 7) is 6.46. The van der Waals surface area contributed by atoms with Gasteiger partial charge in [0.05, 0.1) is 5.92 Å². The van der Waals surface area contributed by atoms with Gasteiger partial charge in [0.1, 0.15) is 5.60 Å². The van der Waals surface area contributed by atoms with Crippen molar-refractivity contribution in [3.05, 3.63) is 0 Å². The Balaban J connectivity index is 2.44. The molecule has 2 N–H and O–H groups in total. The Labute approximate surface area is 102 Å². The molecule has 1 fully saturated rings. The number of hydrogen-bond donors (Lipinski definition) is 1. The quantitative estimate of drug-likeness (QED) is 0.774. The van der Waals surface area contributed by atoms with Gasteiger partial charge >= 0.3 is 5.97 Å². The van der Waals surface area contributed by atoms with Crippen LogP contribution < -0.4 is 5.73 Å². The van der Waals surface area contributed by atoms with Crippen molar-refractivity contribution in [3.63, 3.8) is 0 Å². The standard InChI is InChI=1S/C12H23NO2S/c1-12(2,3)15-11(14)9-5-7-16-10(8-9)4-6-13/h9-10H,4-8,13H2,1-3H3. The summed E-state index contributed by atoms with van der Waals surface area (Å²) in [5, 5.41) is 0.538. The molecule has 4 heteroatoms. The first-order chi connectivity index (χ1) is 7.42. The Morgan fingerprint density at radius 2 is 2.19 bits per heavy atom. The highest BCUT2D eigenvalue weighted by Gasteiger charge is 2.30. The molecule has 0 radical (unpaired) electrons. The van der Waals surface area contributed by atoms with E-state index in [0.29, 0.717) is 11.8 Å². The fraction of sp³-hybridized carbons (Fsp3) is 0.917. The van der Waals surface area contributed by atoms with Crippen LogP contribution in [0.3, 0.4) is 0 Å². The van der Waals surface area contributed by atoms with E-state index in [9.17, 15) is 4.79 Å². The molecule has 1 aliphatic heterocycles. The van der Waals surface area contributed by atoms with E-state index in [-0.39, 0.29) is 17.5 Å². The van der Waals surface area contributed by atoms with E-state index in [4.69, 9.17) is 10.5 Å². The molecule has 0 bridgehead atoms. The van der Waals surface area contributed by atoms with Crippen molar-refractivity contribution in [3.8, 4) is 0 Å². The minimum atomic E-state index is -0.370. The van der Waals surface area contributed by atoms with Crippen LogP contribution in [0.25, 0.3) is 0 Å². The van der Waals surface area contributed by atoms with Crippen LogP contribution >= 0.6 is 11.8 Å². The molecule has 0 aliphatic carbocycles. The third kappa shape index (κ3) is 4.74. The van der Waals surface area contributed by atoms with Crippen LogP contribution in [0.1, 0.15) is 40.0 Å². The lowest BCUT2D eigenvalue weighted by Gasteiger charge is -2.29. The second-order valence-electron chi connectivity index (χ2n) is 5.32. The van der Waals surface area contributed by atoms with Crippen LogP contribution in [-0.4, -0.2) is 29.1 Å². The molecule has 2 unspecified atom stereocenters. The first kappa shape index (κ1) is 13.8. The molecule has 0 spiro atoms. The number of carbonyl (C=O) groups is 1. The Bertz CT molecular complexity index is 236. The molecule has 0 amide bonds. The zero-order valence-corrected chi connectivity index (χ0v) is 11.3. The van der Waals surface area contributed by atoms with Gasteiger partial charge in [0.2, 0.25) is 0 Å². The van der Waals surface area contributed by atoms with Gasteiger partial charge in [-0.1, -0.05) is 0 Å². The fourth-order valence-electron chi connectivity index (χ4n) is 1.87. The molecule has 0 saturated carbocycles. The van der Waals surface area contributed by atoms with E-state index in [1.807, 2.05) is 32.5 Å². The number of esters is 1. The normalized spacial score (nSPS) is 26.5. The molecular weight excluding hydrogens is 222 g/mol. The summed E-state index contributed by atoms with van der Waals surface area (Å²) in [6, 6.07) is 0. The summed E-state index contributed by atoms with van der Waals surface area (Å²) in [7, 11) is 0. The van der Waals surface area contributed by atoms with E-state index in [0.717, 1.165) is 25.0 Å². The smallest absolute Gasteiger partial charge is 0.309 e. The van der Waals surface area contributed by atoms with Crippen molar-refractivity contribution in [1.29, 1.82) is 0 Å². The van der Waals surface area contributed by atoms with Gasteiger partial charge in [-0.3, -0.25) is 4.79 Å². The molecular formula is C12H23NO2S. The number of hydrogen-bond acceptors (Lipinski definition) is 4. The Hall–Kier alpha value is -0.220. The maximum absolute atomic E-state index is 11.9. The number of thioether (sulfide) groups is 1. The molecule has 0 aromatic rings. The van der Waals surface area contributed by atoms with Crippen molar-refractivity contribution in [2.24, 2.45) is 11.7 Å². The summed E-state index contributed by atoms with van der Waals surface area (Å²) >= 11 is 1.94. The van der Waals surface area contributed by atoms with Gasteiger partial charge in [-0.2, -0.15) is 11.8 Å². The molecule has 1 heterocycles. The highest BCUT2D eigenvalue weighted by Crippen LogP contribution is 2.32. The van der Waals surface area contributed by atoms with E-state index >= 15 is 0 Å². The predicted molar refractivity (Wildman–Crippen MR) is 68.5 cm³/mol. The molecule has 3 nitrogen and oxygen atoms in total. The van der Waals surface area contributed by atoms with E-state index in [1.165, 1.54) is 0 Å². The second kappa shape index (κ2) is 5.92. The van der Waals surface area contributed by atoms with E-state index in [1.54, 1.807) is 0 Å². The molecule has 1 aliphatic rings. The highest BCUT2D eigenvalue weighted by molar-refractivity contribution is 7.99. The molecule has 94 valence electrons. The summed E-state index contributed by atoms with van der Waals surface area (Å²) in [6.07, 6.45) is 2.88. The average Bonchev–Trinajstić information content (AvgIpc) is 2.16. The van der Waals surface area contributed by atoms with Crippen LogP contribution in [0, 0.1) is 5.92 Å². The lowest BCUT2D eigenvalue weighted by Crippen LogP contribution is -2.33. The van der Waals surface area contributed by atoms with Crippen LogP contribution in [0.15, 0.2) is 0 Å². The minimum absolute atomic E-state index is 0.0326. The monoisotopic (exact) mass is 245 g/mol. The van der Waals surface area contributed by atoms with Gasteiger partial charge in [-0.05, 0) is 52.3 Å². The largest absolute Gasteiger partial charge is 0.460 e. The maximum atomic E-state index is 11.9. The summed E-state index contributed by atoms with van der Waals surface area (Å²) < 4.78 is 5.42. The van der Waals surface area contributed by atoms with Crippen molar-refractivity contribution in [2.75, 3.05) is 12.3 Å².